The lowest BCUT2D eigenvalue weighted by Crippen LogP contribution is -2.35. The Kier molecular flexibility index (Phi) is 4.11. The molecule has 2 heterocycles. The van der Waals surface area contributed by atoms with Crippen molar-refractivity contribution in [1.82, 2.24) is 18.4 Å². The average Bonchev–Trinajstić information content (AvgIpc) is 2.91. The summed E-state index contributed by atoms with van der Waals surface area (Å²) in [5.41, 5.74) is 0.963. The van der Waals surface area contributed by atoms with E-state index in [0.717, 1.165) is 11.7 Å². The Labute approximate surface area is 132 Å². The first-order chi connectivity index (χ1) is 10.5. The van der Waals surface area contributed by atoms with Gasteiger partial charge in [-0.05, 0) is 25.0 Å². The molecule has 0 saturated carbocycles. The zero-order valence-electron chi connectivity index (χ0n) is 12.0. The molecule has 1 N–H and O–H groups in total. The fraction of sp³-hybridized carbons (Fsp3) is 0.462. The van der Waals surface area contributed by atoms with Crippen molar-refractivity contribution in [2.45, 2.75) is 30.2 Å². The molecule has 9 heteroatoms. The monoisotopic (exact) mass is 340 g/mol. The standard InChI is InChI=1S/C13H16N4O3S2/c1-17-8-7-9(5-6-12(17)18)16-22(19,20)11-4-2-3-10-13(11)15-21-14-10/h2-4,9,16H,5-8H2,1H3. The molecule has 118 valence electrons. The van der Waals surface area contributed by atoms with E-state index in [1.165, 1.54) is 6.07 Å². The molecule has 7 nitrogen and oxygen atoms in total. The van der Waals surface area contributed by atoms with Crippen molar-refractivity contribution in [2.75, 3.05) is 13.6 Å². The van der Waals surface area contributed by atoms with E-state index < -0.39 is 10.0 Å². The fourth-order valence-electron chi connectivity index (χ4n) is 2.51. The Morgan fingerprint density at radius 2 is 2.14 bits per heavy atom. The summed E-state index contributed by atoms with van der Waals surface area (Å²) in [7, 11) is -1.95. The quantitative estimate of drug-likeness (QED) is 0.899. The minimum Gasteiger partial charge on any atom is -0.346 e. The summed E-state index contributed by atoms with van der Waals surface area (Å²) in [4.78, 5) is 13.4. The molecular formula is C13H16N4O3S2. The largest absolute Gasteiger partial charge is 0.346 e. The summed E-state index contributed by atoms with van der Waals surface area (Å²) in [5.74, 6) is 0.0486. The van der Waals surface area contributed by atoms with Crippen LogP contribution < -0.4 is 4.72 Å². The third-order valence-corrected chi connectivity index (χ3v) is 5.90. The third kappa shape index (κ3) is 2.96. The van der Waals surface area contributed by atoms with E-state index in [1.54, 1.807) is 24.1 Å². The lowest BCUT2D eigenvalue weighted by atomic mass is 10.1. The van der Waals surface area contributed by atoms with Crippen LogP contribution in [0.1, 0.15) is 19.3 Å². The Hall–Kier alpha value is -1.58. The first-order valence-electron chi connectivity index (χ1n) is 6.95. The number of likely N-dealkylation sites (tertiary alicyclic amines) is 1. The molecular weight excluding hydrogens is 324 g/mol. The van der Waals surface area contributed by atoms with Gasteiger partial charge in [0, 0.05) is 26.1 Å². The van der Waals surface area contributed by atoms with Gasteiger partial charge in [0.25, 0.3) is 0 Å². The highest BCUT2D eigenvalue weighted by Crippen LogP contribution is 2.22. The molecule has 1 fully saturated rings. The number of nitrogens with one attached hydrogen (secondary N) is 1. The Morgan fingerprint density at radius 1 is 1.32 bits per heavy atom. The second-order valence-electron chi connectivity index (χ2n) is 5.35. The molecule has 0 radical (unpaired) electrons. The minimum atomic E-state index is -3.68. The number of aromatic nitrogens is 2. The fourth-order valence-corrected chi connectivity index (χ4v) is 4.58. The van der Waals surface area contributed by atoms with Crippen molar-refractivity contribution in [2.24, 2.45) is 0 Å². The Morgan fingerprint density at radius 3 is 2.95 bits per heavy atom. The van der Waals surface area contributed by atoms with Gasteiger partial charge in [0.15, 0.2) is 0 Å². The zero-order chi connectivity index (χ0) is 15.7. The van der Waals surface area contributed by atoms with Gasteiger partial charge in [-0.3, -0.25) is 4.79 Å². The summed E-state index contributed by atoms with van der Waals surface area (Å²) in [6.07, 6.45) is 1.46. The molecule has 2 aromatic rings. The topological polar surface area (TPSA) is 92.3 Å². The zero-order valence-corrected chi connectivity index (χ0v) is 13.7. The van der Waals surface area contributed by atoms with Crippen LogP contribution in [0.3, 0.4) is 0 Å². The summed E-state index contributed by atoms with van der Waals surface area (Å²) in [5, 5.41) is 0. The van der Waals surface area contributed by atoms with Crippen LogP contribution in [0.4, 0.5) is 0 Å². The van der Waals surface area contributed by atoms with E-state index in [0.29, 0.717) is 36.8 Å². The van der Waals surface area contributed by atoms with Crippen LogP contribution in [0.25, 0.3) is 11.0 Å². The number of nitrogens with zero attached hydrogens (tertiary/aromatic N) is 3. The van der Waals surface area contributed by atoms with Crippen LogP contribution in [-0.4, -0.2) is 47.6 Å². The number of hydrogen-bond acceptors (Lipinski definition) is 6. The van der Waals surface area contributed by atoms with E-state index >= 15 is 0 Å². The van der Waals surface area contributed by atoms with Crippen LogP contribution in [0.5, 0.6) is 0 Å². The van der Waals surface area contributed by atoms with Gasteiger partial charge in [0.05, 0.1) is 11.7 Å². The summed E-state index contributed by atoms with van der Waals surface area (Å²) >= 11 is 0.990. The minimum absolute atomic E-state index is 0.0486. The highest BCUT2D eigenvalue weighted by molar-refractivity contribution is 7.89. The van der Waals surface area contributed by atoms with Crippen molar-refractivity contribution in [1.29, 1.82) is 0 Å². The number of sulfonamides is 1. The first-order valence-corrected chi connectivity index (χ1v) is 9.16. The highest BCUT2D eigenvalue weighted by Gasteiger charge is 2.26. The van der Waals surface area contributed by atoms with Crippen molar-refractivity contribution in [3.05, 3.63) is 18.2 Å². The van der Waals surface area contributed by atoms with Crippen LogP contribution in [0.15, 0.2) is 23.1 Å². The van der Waals surface area contributed by atoms with Crippen LogP contribution >= 0.6 is 11.7 Å². The van der Waals surface area contributed by atoms with Gasteiger partial charge in [-0.1, -0.05) is 6.07 Å². The Bertz CT molecular complexity index is 802. The molecule has 1 aromatic heterocycles. The van der Waals surface area contributed by atoms with E-state index in [9.17, 15) is 13.2 Å². The van der Waals surface area contributed by atoms with E-state index in [1.807, 2.05) is 0 Å². The molecule has 1 amide bonds. The predicted molar refractivity (Wildman–Crippen MR) is 83.0 cm³/mol. The van der Waals surface area contributed by atoms with Crippen molar-refractivity contribution in [3.8, 4) is 0 Å². The van der Waals surface area contributed by atoms with Gasteiger partial charge in [-0.25, -0.2) is 13.1 Å². The lowest BCUT2D eigenvalue weighted by molar-refractivity contribution is -0.129. The first kappa shape index (κ1) is 15.3. The maximum atomic E-state index is 12.6. The molecule has 0 bridgehead atoms. The third-order valence-electron chi connectivity index (χ3n) is 3.81. The molecule has 1 aliphatic rings. The van der Waals surface area contributed by atoms with E-state index in [4.69, 9.17) is 0 Å². The van der Waals surface area contributed by atoms with Crippen LogP contribution in [0.2, 0.25) is 0 Å². The van der Waals surface area contributed by atoms with Crippen molar-refractivity contribution in [3.63, 3.8) is 0 Å². The van der Waals surface area contributed by atoms with Gasteiger partial charge in [-0.15, -0.1) is 0 Å². The molecule has 1 aliphatic heterocycles. The summed E-state index contributed by atoms with van der Waals surface area (Å²) < 4.78 is 36.1. The van der Waals surface area contributed by atoms with Crippen LogP contribution in [0, 0.1) is 0 Å². The molecule has 22 heavy (non-hydrogen) atoms. The molecule has 3 rings (SSSR count). The van der Waals surface area contributed by atoms with Gasteiger partial charge in [0.2, 0.25) is 15.9 Å². The van der Waals surface area contributed by atoms with Gasteiger partial charge in [-0.2, -0.15) is 8.75 Å². The molecule has 0 aliphatic carbocycles. The normalized spacial score (nSPS) is 20.3. The molecule has 1 atom stereocenters. The van der Waals surface area contributed by atoms with Gasteiger partial charge in [0.1, 0.15) is 15.9 Å². The second kappa shape index (κ2) is 5.90. The highest BCUT2D eigenvalue weighted by atomic mass is 32.2. The lowest BCUT2D eigenvalue weighted by Gasteiger charge is -2.17. The predicted octanol–water partition coefficient (Wildman–Crippen LogP) is 0.981. The second-order valence-corrected chi connectivity index (χ2v) is 7.56. The van der Waals surface area contributed by atoms with Gasteiger partial charge >= 0.3 is 0 Å². The van der Waals surface area contributed by atoms with Gasteiger partial charge < -0.3 is 4.90 Å². The summed E-state index contributed by atoms with van der Waals surface area (Å²) in [6, 6.07) is 4.67. The van der Waals surface area contributed by atoms with E-state index in [-0.39, 0.29) is 16.8 Å². The number of fused-ring (bicyclic) bond motifs is 1. The average molecular weight is 340 g/mol. The number of carbonyl (C=O) groups is 1. The van der Waals surface area contributed by atoms with Crippen molar-refractivity contribution < 1.29 is 13.2 Å². The summed E-state index contributed by atoms with van der Waals surface area (Å²) in [6.45, 7) is 0.550. The van der Waals surface area contributed by atoms with Crippen molar-refractivity contribution >= 4 is 38.7 Å². The molecule has 1 unspecified atom stereocenters. The smallest absolute Gasteiger partial charge is 0.243 e. The molecule has 1 saturated heterocycles. The molecule has 0 spiro atoms. The number of rotatable bonds is 3. The van der Waals surface area contributed by atoms with Crippen LogP contribution in [-0.2, 0) is 14.8 Å². The maximum Gasteiger partial charge on any atom is 0.243 e. The number of amides is 1. The molecule has 1 aromatic carbocycles. The van der Waals surface area contributed by atoms with E-state index in [2.05, 4.69) is 13.5 Å². The number of carbonyl (C=O) groups excluding carboxylic acids is 1. The Balaban J connectivity index is 1.85. The SMILES string of the molecule is CN1CCC(NS(=O)(=O)c2cccc3nsnc23)CCC1=O. The number of hydrogen-bond donors (Lipinski definition) is 1. The maximum absolute atomic E-state index is 12.6. The number of benzene rings is 1.